The summed E-state index contributed by atoms with van der Waals surface area (Å²) in [6.07, 6.45) is 0. The Morgan fingerprint density at radius 1 is 0.968 bits per heavy atom. The van der Waals surface area contributed by atoms with E-state index in [1.807, 2.05) is 6.07 Å². The van der Waals surface area contributed by atoms with Gasteiger partial charge in [-0.15, -0.1) is 11.3 Å². The van der Waals surface area contributed by atoms with Crippen molar-refractivity contribution in [2.24, 2.45) is 0 Å². The van der Waals surface area contributed by atoms with Crippen LogP contribution in [0.4, 0.5) is 18.9 Å². The van der Waals surface area contributed by atoms with Gasteiger partial charge < -0.3 is 10.1 Å². The largest absolute Gasteiger partial charge is 0.489 e. The maximum absolute atomic E-state index is 14.6. The Morgan fingerprint density at radius 2 is 1.77 bits per heavy atom. The van der Waals surface area contributed by atoms with Crippen LogP contribution in [0.2, 0.25) is 0 Å². The van der Waals surface area contributed by atoms with Crippen LogP contribution in [-0.4, -0.2) is 10.9 Å². The molecule has 1 amide bonds. The molecule has 0 aliphatic carbocycles. The van der Waals surface area contributed by atoms with Crippen molar-refractivity contribution >= 4 is 22.9 Å². The summed E-state index contributed by atoms with van der Waals surface area (Å²) in [4.78, 5) is 16.5. The van der Waals surface area contributed by atoms with E-state index in [-0.39, 0.29) is 29.2 Å². The molecule has 0 unspecified atom stereocenters. The number of aromatic nitrogens is 1. The molecule has 31 heavy (non-hydrogen) atoms. The standard InChI is InChI=1S/C23H15F3N2O2S/c24-15-6-9-19(25)14(10-15)12-30-17-7-8-18(20(26)11-17)23-28-21(13-31-23)22(29)27-16-4-2-1-3-5-16/h1-11,13H,12H2,(H,27,29). The number of nitrogens with one attached hydrogen (secondary N) is 1. The van der Waals surface area contributed by atoms with Gasteiger partial charge in [-0.25, -0.2) is 18.2 Å². The Kier molecular flexibility index (Phi) is 5.99. The van der Waals surface area contributed by atoms with Crippen molar-refractivity contribution in [2.75, 3.05) is 5.32 Å². The monoisotopic (exact) mass is 440 g/mol. The van der Waals surface area contributed by atoms with E-state index < -0.39 is 23.4 Å². The van der Waals surface area contributed by atoms with Gasteiger partial charge in [-0.2, -0.15) is 0 Å². The molecule has 0 saturated carbocycles. The Labute approximate surface area is 180 Å². The maximum Gasteiger partial charge on any atom is 0.275 e. The highest BCUT2D eigenvalue weighted by molar-refractivity contribution is 7.13. The molecule has 0 spiro atoms. The first-order valence-corrected chi connectivity index (χ1v) is 10.1. The van der Waals surface area contributed by atoms with Crippen LogP contribution in [0.5, 0.6) is 5.75 Å². The molecule has 1 heterocycles. The van der Waals surface area contributed by atoms with Gasteiger partial charge in [-0.1, -0.05) is 18.2 Å². The zero-order valence-corrected chi connectivity index (χ0v) is 16.8. The first-order chi connectivity index (χ1) is 15.0. The van der Waals surface area contributed by atoms with E-state index in [1.165, 1.54) is 12.1 Å². The third-order valence-electron chi connectivity index (χ3n) is 4.34. The van der Waals surface area contributed by atoms with E-state index in [1.54, 1.807) is 29.6 Å². The van der Waals surface area contributed by atoms with Crippen molar-refractivity contribution in [1.82, 2.24) is 4.98 Å². The van der Waals surface area contributed by atoms with Crippen molar-refractivity contribution in [1.29, 1.82) is 0 Å². The lowest BCUT2D eigenvalue weighted by Crippen LogP contribution is -2.12. The van der Waals surface area contributed by atoms with E-state index in [4.69, 9.17) is 4.74 Å². The minimum Gasteiger partial charge on any atom is -0.489 e. The van der Waals surface area contributed by atoms with Crippen LogP contribution in [0.25, 0.3) is 10.6 Å². The molecule has 8 heteroatoms. The average Bonchev–Trinajstić information content (AvgIpc) is 3.25. The molecule has 1 aromatic heterocycles. The third-order valence-corrected chi connectivity index (χ3v) is 5.22. The number of hydrogen-bond donors (Lipinski definition) is 1. The molecular weight excluding hydrogens is 425 g/mol. The highest BCUT2D eigenvalue weighted by Crippen LogP contribution is 2.29. The number of anilines is 1. The lowest BCUT2D eigenvalue weighted by atomic mass is 10.2. The number of amides is 1. The zero-order valence-electron chi connectivity index (χ0n) is 15.9. The van der Waals surface area contributed by atoms with Crippen molar-refractivity contribution in [3.05, 3.63) is 101 Å². The van der Waals surface area contributed by atoms with Crippen LogP contribution in [0, 0.1) is 17.5 Å². The van der Waals surface area contributed by atoms with Crippen LogP contribution in [0.15, 0.2) is 72.1 Å². The summed E-state index contributed by atoms with van der Waals surface area (Å²) in [6.45, 7) is -0.247. The van der Waals surface area contributed by atoms with Crippen LogP contribution in [0.1, 0.15) is 16.1 Å². The van der Waals surface area contributed by atoms with E-state index in [2.05, 4.69) is 10.3 Å². The van der Waals surface area contributed by atoms with E-state index in [0.717, 1.165) is 35.6 Å². The molecule has 0 atom stereocenters. The van der Waals surface area contributed by atoms with Gasteiger partial charge in [0.25, 0.3) is 5.91 Å². The van der Waals surface area contributed by atoms with Crippen molar-refractivity contribution < 1.29 is 22.7 Å². The number of carbonyl (C=O) groups is 1. The Bertz CT molecular complexity index is 1230. The van der Waals surface area contributed by atoms with E-state index >= 15 is 0 Å². The van der Waals surface area contributed by atoms with Crippen LogP contribution in [-0.2, 0) is 6.61 Å². The topological polar surface area (TPSA) is 51.2 Å². The molecule has 0 aliphatic heterocycles. The summed E-state index contributed by atoms with van der Waals surface area (Å²) in [6, 6.07) is 16.1. The average molecular weight is 440 g/mol. The molecule has 0 fully saturated rings. The SMILES string of the molecule is O=C(Nc1ccccc1)c1csc(-c2ccc(OCc3cc(F)ccc3F)cc2F)n1. The number of hydrogen-bond acceptors (Lipinski definition) is 4. The van der Waals surface area contributed by atoms with Gasteiger partial charge in [0.2, 0.25) is 0 Å². The summed E-state index contributed by atoms with van der Waals surface area (Å²) in [5.41, 5.74) is 1.03. The highest BCUT2D eigenvalue weighted by atomic mass is 32.1. The number of benzene rings is 3. The fourth-order valence-electron chi connectivity index (χ4n) is 2.79. The maximum atomic E-state index is 14.6. The predicted molar refractivity (Wildman–Crippen MR) is 113 cm³/mol. The summed E-state index contributed by atoms with van der Waals surface area (Å²) in [5, 5.41) is 4.60. The Hall–Kier alpha value is -3.65. The molecule has 0 aliphatic rings. The summed E-state index contributed by atoms with van der Waals surface area (Å²) >= 11 is 1.13. The lowest BCUT2D eigenvalue weighted by molar-refractivity contribution is 0.102. The molecule has 3 aromatic carbocycles. The Balaban J connectivity index is 1.46. The summed E-state index contributed by atoms with van der Waals surface area (Å²) in [5.74, 6) is -2.05. The molecule has 0 saturated heterocycles. The molecule has 4 rings (SSSR count). The van der Waals surface area contributed by atoms with Crippen molar-refractivity contribution in [3.8, 4) is 16.3 Å². The first-order valence-electron chi connectivity index (χ1n) is 9.18. The van der Waals surface area contributed by atoms with Gasteiger partial charge in [0, 0.05) is 28.3 Å². The quantitative estimate of drug-likeness (QED) is 0.397. The molecule has 0 bridgehead atoms. The fourth-order valence-corrected chi connectivity index (χ4v) is 3.62. The highest BCUT2D eigenvalue weighted by Gasteiger charge is 2.15. The first kappa shape index (κ1) is 20.6. The van der Waals surface area contributed by atoms with Gasteiger partial charge in [0.1, 0.15) is 40.5 Å². The molecule has 4 nitrogen and oxygen atoms in total. The third kappa shape index (κ3) is 4.92. The zero-order chi connectivity index (χ0) is 21.8. The Morgan fingerprint density at radius 3 is 2.55 bits per heavy atom. The number of para-hydroxylation sites is 1. The van der Waals surface area contributed by atoms with Gasteiger partial charge in [-0.05, 0) is 42.5 Å². The smallest absolute Gasteiger partial charge is 0.275 e. The van der Waals surface area contributed by atoms with Crippen molar-refractivity contribution in [3.63, 3.8) is 0 Å². The predicted octanol–water partition coefficient (Wildman–Crippen LogP) is 6.06. The molecule has 0 radical (unpaired) electrons. The lowest BCUT2D eigenvalue weighted by Gasteiger charge is -2.08. The van der Waals surface area contributed by atoms with E-state index in [9.17, 15) is 18.0 Å². The normalized spacial score (nSPS) is 10.7. The van der Waals surface area contributed by atoms with Gasteiger partial charge in [0.15, 0.2) is 0 Å². The molecule has 1 N–H and O–H groups in total. The second kappa shape index (κ2) is 9.01. The second-order valence-corrected chi connectivity index (χ2v) is 7.38. The van der Waals surface area contributed by atoms with Crippen LogP contribution in [0.3, 0.4) is 0 Å². The summed E-state index contributed by atoms with van der Waals surface area (Å²) < 4.78 is 46.9. The number of halogens is 3. The number of nitrogens with zero attached hydrogens (tertiary/aromatic N) is 1. The number of ether oxygens (including phenoxy) is 1. The number of rotatable bonds is 6. The molecular formula is C23H15F3N2O2S. The minimum atomic E-state index is -0.610. The molecule has 156 valence electrons. The van der Waals surface area contributed by atoms with Gasteiger partial charge in [-0.3, -0.25) is 4.79 Å². The summed E-state index contributed by atoms with van der Waals surface area (Å²) in [7, 11) is 0. The second-order valence-electron chi connectivity index (χ2n) is 6.52. The number of thiazole rings is 1. The van der Waals surface area contributed by atoms with Gasteiger partial charge in [0.05, 0.1) is 0 Å². The minimum absolute atomic E-state index is 0.0264. The van der Waals surface area contributed by atoms with Crippen LogP contribution < -0.4 is 10.1 Å². The number of carbonyl (C=O) groups excluding carboxylic acids is 1. The van der Waals surface area contributed by atoms with Gasteiger partial charge >= 0.3 is 0 Å². The van der Waals surface area contributed by atoms with Crippen LogP contribution >= 0.6 is 11.3 Å². The molecule has 4 aromatic rings. The van der Waals surface area contributed by atoms with Crippen molar-refractivity contribution in [2.45, 2.75) is 6.61 Å². The fraction of sp³-hybridized carbons (Fsp3) is 0.0435. The van der Waals surface area contributed by atoms with E-state index in [0.29, 0.717) is 10.7 Å².